The molecular weight excluding hydrogens is 484 g/mol. The van der Waals surface area contributed by atoms with Gasteiger partial charge in [0.05, 0.1) is 23.5 Å². The van der Waals surface area contributed by atoms with Crippen molar-refractivity contribution >= 4 is 11.6 Å². The summed E-state index contributed by atoms with van der Waals surface area (Å²) in [4.78, 5) is 25.1. The van der Waals surface area contributed by atoms with E-state index in [1.54, 1.807) is 0 Å². The molecule has 3 aromatic carbocycles. The summed E-state index contributed by atoms with van der Waals surface area (Å²) in [6.45, 7) is 8.33. The molecule has 0 bridgehead atoms. The zero-order valence-electron chi connectivity index (χ0n) is 22.3. The Bertz CT molecular complexity index is 1530. The van der Waals surface area contributed by atoms with E-state index >= 15 is 0 Å². The van der Waals surface area contributed by atoms with Gasteiger partial charge in [0.2, 0.25) is 0 Å². The Kier molecular flexibility index (Phi) is 6.87. The number of benzene rings is 3. The monoisotopic (exact) mass is 516 g/mol. The number of amides is 1. The molecule has 2 aliphatic heterocycles. The molecule has 39 heavy (non-hydrogen) atoms. The van der Waals surface area contributed by atoms with Crippen LogP contribution in [0.1, 0.15) is 32.9 Å². The highest BCUT2D eigenvalue weighted by atomic mass is 16.2. The minimum atomic E-state index is 0.0720. The van der Waals surface area contributed by atoms with Gasteiger partial charge in [0.25, 0.3) is 5.91 Å². The summed E-state index contributed by atoms with van der Waals surface area (Å²) >= 11 is 0. The van der Waals surface area contributed by atoms with E-state index in [2.05, 4.69) is 57.0 Å². The number of aryl methyl sites for hydroxylation is 1. The largest absolute Gasteiger partial charge is 0.368 e. The lowest BCUT2D eigenvalue weighted by Gasteiger charge is -2.36. The van der Waals surface area contributed by atoms with E-state index in [0.717, 1.165) is 84.3 Å². The zero-order chi connectivity index (χ0) is 26.8. The van der Waals surface area contributed by atoms with Gasteiger partial charge < -0.3 is 14.4 Å². The Labute approximate surface area is 229 Å². The Morgan fingerprint density at radius 3 is 2.49 bits per heavy atom. The molecule has 0 N–H and O–H groups in total. The molecule has 1 saturated heterocycles. The van der Waals surface area contributed by atoms with Crippen molar-refractivity contribution in [2.24, 2.45) is 0 Å². The number of anilines is 1. The maximum Gasteiger partial charge on any atom is 0.254 e. The number of hydrogen-bond donors (Lipinski definition) is 0. The maximum absolute atomic E-state index is 13.7. The third kappa shape index (κ3) is 5.16. The summed E-state index contributed by atoms with van der Waals surface area (Å²) in [6, 6.07) is 26.6. The average Bonchev–Trinajstić information content (AvgIpc) is 3.42. The van der Waals surface area contributed by atoms with Crippen LogP contribution in [0.25, 0.3) is 11.3 Å². The number of imidazole rings is 1. The van der Waals surface area contributed by atoms with Crippen molar-refractivity contribution in [1.82, 2.24) is 19.4 Å². The smallest absolute Gasteiger partial charge is 0.254 e. The van der Waals surface area contributed by atoms with Gasteiger partial charge in [-0.25, -0.2) is 4.98 Å². The fourth-order valence-electron chi connectivity index (χ4n) is 5.59. The summed E-state index contributed by atoms with van der Waals surface area (Å²) in [7, 11) is 0. The first-order valence-corrected chi connectivity index (χ1v) is 13.6. The predicted octanol–water partition coefficient (Wildman–Crippen LogP) is 4.71. The number of piperazine rings is 1. The van der Waals surface area contributed by atoms with Crippen molar-refractivity contribution in [3.63, 3.8) is 0 Å². The number of fused-ring (bicyclic) bond motifs is 1. The molecule has 6 rings (SSSR count). The number of para-hydroxylation sites is 1. The standard InChI is InChI=1S/C32H32N6O/c1-24-11-12-25(21-35-13-15-36(16-14-35)30-10-6-5-9-27(30)20-33)19-28(24)32(39)38-18-17-37-22-29(34-31(37)23-38)26-7-3-2-4-8-26/h2-12,19,22H,13-18,21,23H2,1H3. The molecule has 0 saturated carbocycles. The van der Waals surface area contributed by atoms with Crippen molar-refractivity contribution in [3.05, 3.63) is 107 Å². The number of carbonyl (C=O) groups excluding carboxylic acids is 1. The van der Waals surface area contributed by atoms with Gasteiger partial charge >= 0.3 is 0 Å². The summed E-state index contributed by atoms with van der Waals surface area (Å²) in [5.41, 5.74) is 6.72. The van der Waals surface area contributed by atoms with Gasteiger partial charge in [-0.05, 0) is 36.2 Å². The van der Waals surface area contributed by atoms with Gasteiger partial charge in [-0.1, -0.05) is 54.6 Å². The minimum Gasteiger partial charge on any atom is -0.368 e. The normalized spacial score (nSPS) is 15.6. The second kappa shape index (κ2) is 10.8. The minimum absolute atomic E-state index is 0.0720. The maximum atomic E-state index is 13.7. The molecule has 2 aliphatic rings. The number of nitriles is 1. The molecule has 3 heterocycles. The van der Waals surface area contributed by atoms with Crippen LogP contribution >= 0.6 is 0 Å². The first-order chi connectivity index (χ1) is 19.1. The highest BCUT2D eigenvalue weighted by Gasteiger charge is 2.25. The Balaban J connectivity index is 1.11. The Morgan fingerprint density at radius 2 is 1.69 bits per heavy atom. The molecule has 1 aromatic heterocycles. The third-order valence-corrected chi connectivity index (χ3v) is 7.84. The van der Waals surface area contributed by atoms with Crippen molar-refractivity contribution < 1.29 is 4.79 Å². The predicted molar refractivity (Wildman–Crippen MR) is 152 cm³/mol. The van der Waals surface area contributed by atoms with Crippen LogP contribution in [-0.2, 0) is 19.6 Å². The fraction of sp³-hybridized carbons (Fsp3) is 0.281. The molecule has 7 nitrogen and oxygen atoms in total. The molecule has 1 amide bonds. The van der Waals surface area contributed by atoms with Gasteiger partial charge in [-0.15, -0.1) is 0 Å². The molecular formula is C32H32N6O. The van der Waals surface area contributed by atoms with Crippen LogP contribution < -0.4 is 4.90 Å². The molecule has 4 aromatic rings. The van der Waals surface area contributed by atoms with Gasteiger partial charge in [0, 0.05) is 63.1 Å². The van der Waals surface area contributed by atoms with E-state index in [1.807, 2.05) is 54.3 Å². The molecule has 196 valence electrons. The molecule has 1 fully saturated rings. The summed E-state index contributed by atoms with van der Waals surface area (Å²) in [6.07, 6.45) is 2.09. The van der Waals surface area contributed by atoms with E-state index < -0.39 is 0 Å². The molecule has 7 heteroatoms. The van der Waals surface area contributed by atoms with E-state index in [4.69, 9.17) is 4.98 Å². The van der Waals surface area contributed by atoms with Crippen molar-refractivity contribution in [1.29, 1.82) is 5.26 Å². The lowest BCUT2D eigenvalue weighted by Crippen LogP contribution is -2.46. The molecule has 0 radical (unpaired) electrons. The van der Waals surface area contributed by atoms with Crippen LogP contribution in [0.4, 0.5) is 5.69 Å². The van der Waals surface area contributed by atoms with Crippen molar-refractivity contribution in [3.8, 4) is 17.3 Å². The van der Waals surface area contributed by atoms with Crippen LogP contribution in [0, 0.1) is 18.3 Å². The fourth-order valence-corrected chi connectivity index (χ4v) is 5.59. The highest BCUT2D eigenvalue weighted by Crippen LogP contribution is 2.25. The lowest BCUT2D eigenvalue weighted by atomic mass is 10.0. The van der Waals surface area contributed by atoms with Crippen molar-refractivity contribution in [2.45, 2.75) is 26.6 Å². The SMILES string of the molecule is Cc1ccc(CN2CCN(c3ccccc3C#N)CC2)cc1C(=O)N1CCn2cc(-c3ccccc3)nc2C1. The van der Waals surface area contributed by atoms with Gasteiger partial charge in [0.15, 0.2) is 0 Å². The van der Waals surface area contributed by atoms with Crippen LogP contribution in [0.3, 0.4) is 0 Å². The quantitative estimate of drug-likeness (QED) is 0.384. The lowest BCUT2D eigenvalue weighted by molar-refractivity contribution is 0.0706. The van der Waals surface area contributed by atoms with E-state index in [1.165, 1.54) is 0 Å². The molecule has 0 atom stereocenters. The van der Waals surface area contributed by atoms with Crippen LogP contribution in [0.5, 0.6) is 0 Å². The molecule has 0 spiro atoms. The van der Waals surface area contributed by atoms with Crippen molar-refractivity contribution in [2.75, 3.05) is 37.6 Å². The molecule has 0 aliphatic carbocycles. The highest BCUT2D eigenvalue weighted by molar-refractivity contribution is 5.95. The van der Waals surface area contributed by atoms with Crippen LogP contribution in [-0.4, -0.2) is 58.0 Å². The first-order valence-electron chi connectivity index (χ1n) is 13.6. The topological polar surface area (TPSA) is 68.4 Å². The molecule has 0 unspecified atom stereocenters. The number of nitrogens with zero attached hydrogens (tertiary/aromatic N) is 6. The van der Waals surface area contributed by atoms with E-state index in [0.29, 0.717) is 13.1 Å². The average molecular weight is 517 g/mol. The van der Waals surface area contributed by atoms with Gasteiger partial charge in [-0.3, -0.25) is 9.69 Å². The number of carbonyl (C=O) groups is 1. The first kappa shape index (κ1) is 24.9. The zero-order valence-corrected chi connectivity index (χ0v) is 22.3. The summed E-state index contributed by atoms with van der Waals surface area (Å²) < 4.78 is 2.17. The summed E-state index contributed by atoms with van der Waals surface area (Å²) in [5, 5.41) is 9.46. The summed E-state index contributed by atoms with van der Waals surface area (Å²) in [5.74, 6) is 1.00. The Morgan fingerprint density at radius 1 is 0.923 bits per heavy atom. The van der Waals surface area contributed by atoms with E-state index in [9.17, 15) is 10.1 Å². The van der Waals surface area contributed by atoms with E-state index in [-0.39, 0.29) is 5.91 Å². The van der Waals surface area contributed by atoms with Crippen LogP contribution in [0.2, 0.25) is 0 Å². The number of hydrogen-bond acceptors (Lipinski definition) is 5. The third-order valence-electron chi connectivity index (χ3n) is 7.84. The van der Waals surface area contributed by atoms with Crippen LogP contribution in [0.15, 0.2) is 79.0 Å². The van der Waals surface area contributed by atoms with Gasteiger partial charge in [0.1, 0.15) is 11.9 Å². The second-order valence-corrected chi connectivity index (χ2v) is 10.4. The second-order valence-electron chi connectivity index (χ2n) is 10.4. The Hall–Kier alpha value is -4.41. The number of aromatic nitrogens is 2. The number of rotatable bonds is 5. The van der Waals surface area contributed by atoms with Gasteiger partial charge in [-0.2, -0.15) is 5.26 Å².